The summed E-state index contributed by atoms with van der Waals surface area (Å²) in [6.07, 6.45) is -0.0522. The lowest BCUT2D eigenvalue weighted by Gasteiger charge is -2.50. The van der Waals surface area contributed by atoms with Gasteiger partial charge in [-0.25, -0.2) is 0 Å². The van der Waals surface area contributed by atoms with Crippen molar-refractivity contribution in [1.29, 1.82) is 0 Å². The number of carboxylic acids is 1. The average molecular weight is 465 g/mol. The van der Waals surface area contributed by atoms with Crippen molar-refractivity contribution in [3.05, 3.63) is 47.4 Å². The Labute approximate surface area is 172 Å². The lowest BCUT2D eigenvalue weighted by Crippen LogP contribution is -2.71. The molecule has 2 aliphatic rings. The van der Waals surface area contributed by atoms with Crippen LogP contribution in [0.2, 0.25) is 0 Å². The van der Waals surface area contributed by atoms with E-state index in [2.05, 4.69) is 9.50 Å². The Morgan fingerprint density at radius 3 is 2.47 bits per heavy atom. The number of fused-ring (bicyclic) bond motifs is 1. The molecule has 1 aromatic carbocycles. The summed E-state index contributed by atoms with van der Waals surface area (Å²) in [6.45, 7) is 0. The van der Waals surface area contributed by atoms with E-state index < -0.39 is 62.0 Å². The van der Waals surface area contributed by atoms with Gasteiger partial charge in [0.1, 0.15) is 17.1 Å². The number of carboxylic acid groups (broad SMARTS) is 1. The Balaban J connectivity index is 1.76. The zero-order valence-corrected chi connectivity index (χ0v) is 16.3. The van der Waals surface area contributed by atoms with Crippen LogP contribution in [0.3, 0.4) is 0 Å². The highest BCUT2D eigenvalue weighted by Crippen LogP contribution is 2.41. The minimum absolute atomic E-state index is 0.0522. The van der Waals surface area contributed by atoms with E-state index >= 15 is 0 Å². The second-order valence-electron chi connectivity index (χ2n) is 6.16. The summed E-state index contributed by atoms with van der Waals surface area (Å²) in [6, 6.07) is 7.41. The van der Waals surface area contributed by atoms with E-state index in [4.69, 9.17) is 0 Å². The maximum atomic E-state index is 12.5. The van der Waals surface area contributed by atoms with E-state index in [1.807, 2.05) is 0 Å². The molecule has 9 nitrogen and oxygen atoms in total. The molecule has 1 N–H and O–H groups in total. The van der Waals surface area contributed by atoms with Crippen LogP contribution in [0.25, 0.3) is 0 Å². The third kappa shape index (κ3) is 4.09. The first kappa shape index (κ1) is 22.0. The summed E-state index contributed by atoms with van der Waals surface area (Å²) in [5, 5.41) is 12.9. The number of alkyl halides is 3. The van der Waals surface area contributed by atoms with Gasteiger partial charge in [0, 0.05) is 0 Å². The Morgan fingerprint density at radius 1 is 1.27 bits per heavy atom. The van der Waals surface area contributed by atoms with Crippen LogP contribution >= 0.6 is 11.8 Å². The van der Waals surface area contributed by atoms with Crippen molar-refractivity contribution in [2.24, 2.45) is 0 Å². The van der Waals surface area contributed by atoms with Gasteiger partial charge in [-0.2, -0.15) is 21.6 Å². The fourth-order valence-corrected chi connectivity index (χ4v) is 4.66. The van der Waals surface area contributed by atoms with E-state index in [0.717, 1.165) is 11.8 Å². The molecule has 1 saturated heterocycles. The smallest absolute Gasteiger partial charge is 0.534 e. The van der Waals surface area contributed by atoms with Crippen molar-refractivity contribution in [2.75, 3.05) is 5.75 Å². The predicted octanol–water partition coefficient (Wildman–Crippen LogP) is -0.543. The largest absolute Gasteiger partial charge is 0.543 e. The first-order chi connectivity index (χ1) is 13.9. The second kappa shape index (κ2) is 7.83. The highest BCUT2D eigenvalue weighted by Gasteiger charge is 2.55. The number of nitrogens with zero attached hydrogens (tertiary/aromatic N) is 1. The number of thioether (sulfide) groups is 1. The fourth-order valence-electron chi connectivity index (χ4n) is 2.83. The van der Waals surface area contributed by atoms with Crippen LogP contribution in [-0.4, -0.2) is 53.8 Å². The Bertz CT molecular complexity index is 1030. The van der Waals surface area contributed by atoms with Gasteiger partial charge >= 0.3 is 15.6 Å². The van der Waals surface area contributed by atoms with Crippen LogP contribution in [0.4, 0.5) is 13.2 Å². The van der Waals surface area contributed by atoms with Crippen molar-refractivity contribution in [1.82, 2.24) is 10.2 Å². The van der Waals surface area contributed by atoms with Crippen LogP contribution in [0, 0.1) is 0 Å². The number of carbonyl (C=O) groups is 3. The van der Waals surface area contributed by atoms with Crippen LogP contribution in [-0.2, 0) is 35.1 Å². The molecule has 1 fully saturated rings. The van der Waals surface area contributed by atoms with E-state index in [1.54, 1.807) is 30.3 Å². The molecule has 0 saturated carbocycles. The molecule has 14 heteroatoms. The Kier molecular flexibility index (Phi) is 5.73. The van der Waals surface area contributed by atoms with Gasteiger partial charge in [0.2, 0.25) is 5.91 Å². The van der Waals surface area contributed by atoms with Crippen molar-refractivity contribution < 1.29 is 45.3 Å². The number of hydrogen-bond donors (Lipinski definition) is 1. The summed E-state index contributed by atoms with van der Waals surface area (Å²) in [5.41, 5.74) is -6.24. The molecule has 1 aromatic rings. The molecular formula is C16H12F3N2O7S2-. The van der Waals surface area contributed by atoms with Crippen molar-refractivity contribution in [3.63, 3.8) is 0 Å². The minimum Gasteiger partial charge on any atom is -0.543 e. The zero-order chi connectivity index (χ0) is 22.3. The first-order valence-corrected chi connectivity index (χ1v) is 10.6. The Hall–Kier alpha value is -2.74. The standard InChI is InChI=1S/C16H13F3N2O7S2/c17-16(18,19)30(26,27)28-9-7-29-14-11(13(23)21(14)12(9)15(24)25)20-10(22)6-8-4-2-1-3-5-8/h1-5,11,14H,6-7H2,(H,20,22)(H,24,25)/p-1/t11-,14-/m1/s1. The van der Waals surface area contributed by atoms with Crippen LogP contribution in [0.1, 0.15) is 5.56 Å². The molecule has 0 aliphatic carbocycles. The molecule has 3 rings (SSSR count). The van der Waals surface area contributed by atoms with E-state index in [0.29, 0.717) is 10.5 Å². The van der Waals surface area contributed by atoms with Gasteiger partial charge in [-0.05, 0) is 5.56 Å². The molecule has 2 heterocycles. The molecule has 30 heavy (non-hydrogen) atoms. The molecule has 0 unspecified atom stereocenters. The second-order valence-corrected chi connectivity index (χ2v) is 8.80. The fraction of sp³-hybridized carbons (Fsp3) is 0.312. The minimum atomic E-state index is -6.14. The molecular weight excluding hydrogens is 453 g/mol. The van der Waals surface area contributed by atoms with Gasteiger partial charge in [-0.1, -0.05) is 30.3 Å². The number of halogens is 3. The van der Waals surface area contributed by atoms with Gasteiger partial charge in [-0.3, -0.25) is 14.5 Å². The van der Waals surface area contributed by atoms with Crippen LogP contribution < -0.4 is 10.4 Å². The van der Waals surface area contributed by atoms with Gasteiger partial charge in [0.15, 0.2) is 5.76 Å². The number of aliphatic carboxylic acids is 1. The highest BCUT2D eigenvalue weighted by atomic mass is 32.2. The number of amides is 2. The van der Waals surface area contributed by atoms with Crippen LogP contribution in [0.5, 0.6) is 0 Å². The maximum absolute atomic E-state index is 12.5. The van der Waals surface area contributed by atoms with Crippen molar-refractivity contribution >= 4 is 39.7 Å². The van der Waals surface area contributed by atoms with E-state index in [1.165, 1.54) is 0 Å². The molecule has 0 radical (unpaired) electrons. The van der Waals surface area contributed by atoms with Crippen LogP contribution in [0.15, 0.2) is 41.8 Å². The van der Waals surface area contributed by atoms with Gasteiger partial charge in [0.05, 0.1) is 18.1 Å². The quantitative estimate of drug-likeness (QED) is 0.336. The van der Waals surface area contributed by atoms with E-state index in [-0.39, 0.29) is 6.42 Å². The maximum Gasteiger partial charge on any atom is 0.534 e. The molecule has 2 aliphatic heterocycles. The third-order valence-electron chi connectivity index (χ3n) is 4.14. The van der Waals surface area contributed by atoms with Gasteiger partial charge in [0.25, 0.3) is 5.91 Å². The molecule has 162 valence electrons. The first-order valence-electron chi connectivity index (χ1n) is 8.15. The SMILES string of the molecule is O=C(Cc1ccccc1)N[C@@H]1C(=O)N2C(C(=O)[O-])=C(OS(=O)(=O)C(F)(F)F)CS[C@H]12. The van der Waals surface area contributed by atoms with Crippen molar-refractivity contribution in [2.45, 2.75) is 23.3 Å². The molecule has 0 aromatic heterocycles. The molecule has 0 spiro atoms. The Morgan fingerprint density at radius 2 is 1.90 bits per heavy atom. The number of rotatable bonds is 6. The van der Waals surface area contributed by atoms with Gasteiger partial charge in [-0.15, -0.1) is 11.8 Å². The summed E-state index contributed by atoms with van der Waals surface area (Å²) in [5.74, 6) is -5.25. The predicted molar refractivity (Wildman–Crippen MR) is 93.3 cm³/mol. The number of β-lactam (4-membered cyclic amide) rings is 1. The zero-order valence-electron chi connectivity index (χ0n) is 14.7. The average Bonchev–Trinajstić information content (AvgIpc) is 2.65. The molecule has 2 amide bonds. The summed E-state index contributed by atoms with van der Waals surface area (Å²) in [4.78, 5) is 36.4. The summed E-state index contributed by atoms with van der Waals surface area (Å²) >= 11 is 0.738. The number of nitrogens with one attached hydrogen (secondary N) is 1. The number of carbonyl (C=O) groups excluding carboxylic acids is 3. The molecule has 0 bridgehead atoms. The normalized spacial score (nSPS) is 21.6. The van der Waals surface area contributed by atoms with Gasteiger partial charge < -0.3 is 19.4 Å². The highest BCUT2D eigenvalue weighted by molar-refractivity contribution is 8.00. The number of benzene rings is 1. The lowest BCUT2D eigenvalue weighted by molar-refractivity contribution is -0.301. The third-order valence-corrected chi connectivity index (χ3v) is 6.39. The lowest BCUT2D eigenvalue weighted by atomic mass is 10.0. The number of hydrogen-bond acceptors (Lipinski definition) is 8. The topological polar surface area (TPSA) is 133 Å². The van der Waals surface area contributed by atoms with E-state index in [9.17, 15) is 41.1 Å². The summed E-state index contributed by atoms with van der Waals surface area (Å²) in [7, 11) is -6.14. The monoisotopic (exact) mass is 465 g/mol. The molecule has 2 atom stereocenters. The van der Waals surface area contributed by atoms with Crippen molar-refractivity contribution in [3.8, 4) is 0 Å². The summed E-state index contributed by atoms with van der Waals surface area (Å²) < 4.78 is 63.9.